The van der Waals surface area contributed by atoms with E-state index >= 15 is 0 Å². The molecule has 6 rings (SSSR count). The molecule has 1 aliphatic heterocycles. The van der Waals surface area contributed by atoms with Crippen LogP contribution in [-0.2, 0) is 13.7 Å². The smallest absolute Gasteiger partial charge is 0.251 e. The molecule has 0 fully saturated rings. The second-order valence-electron chi connectivity index (χ2n) is 8.57. The molecule has 1 aliphatic rings. The number of aromatic nitrogens is 4. The Morgan fingerprint density at radius 3 is 2.68 bits per heavy atom. The summed E-state index contributed by atoms with van der Waals surface area (Å²) < 4.78 is 9.67. The molecule has 34 heavy (non-hydrogen) atoms. The van der Waals surface area contributed by atoms with Crippen molar-refractivity contribution in [1.29, 1.82) is 0 Å². The molecule has 3 heterocycles. The van der Waals surface area contributed by atoms with Gasteiger partial charge in [0.1, 0.15) is 30.5 Å². The van der Waals surface area contributed by atoms with Crippen molar-refractivity contribution in [3.63, 3.8) is 0 Å². The van der Waals surface area contributed by atoms with Gasteiger partial charge in [-0.05, 0) is 65.6 Å². The van der Waals surface area contributed by atoms with Gasteiger partial charge in [0.2, 0.25) is 0 Å². The van der Waals surface area contributed by atoms with Crippen molar-refractivity contribution in [2.75, 3.05) is 0 Å². The van der Waals surface area contributed by atoms with E-state index in [1.165, 1.54) is 0 Å². The summed E-state index contributed by atoms with van der Waals surface area (Å²) >= 11 is 6.54. The summed E-state index contributed by atoms with van der Waals surface area (Å²) in [6, 6.07) is 21.5. The summed E-state index contributed by atoms with van der Waals surface area (Å²) in [6.45, 7) is 2.20. The zero-order chi connectivity index (χ0) is 23.4. The van der Waals surface area contributed by atoms with E-state index in [4.69, 9.17) is 16.3 Å². The van der Waals surface area contributed by atoms with E-state index in [0.717, 1.165) is 38.7 Å². The Hall–Kier alpha value is -3.90. The fraction of sp³-hybridized carbons (Fsp3) is 0.148. The van der Waals surface area contributed by atoms with E-state index in [1.54, 1.807) is 24.0 Å². The fourth-order valence-electron chi connectivity index (χ4n) is 4.66. The maximum atomic E-state index is 12.8. The zero-order valence-electron chi connectivity index (χ0n) is 18.7. The number of hydrogen-bond donors (Lipinski definition) is 0. The molecular formula is C27H21ClN4O2. The van der Waals surface area contributed by atoms with Gasteiger partial charge in [0.05, 0.1) is 5.52 Å². The quantitative estimate of drug-likeness (QED) is 0.335. The van der Waals surface area contributed by atoms with Gasteiger partial charge in [-0.25, -0.2) is 9.67 Å². The van der Waals surface area contributed by atoms with Crippen LogP contribution in [0, 0.1) is 6.92 Å². The summed E-state index contributed by atoms with van der Waals surface area (Å²) in [5.41, 5.74) is 5.51. The molecule has 2 aromatic heterocycles. The molecule has 0 saturated heterocycles. The van der Waals surface area contributed by atoms with Gasteiger partial charge in [-0.1, -0.05) is 35.9 Å². The van der Waals surface area contributed by atoms with Crippen LogP contribution < -0.4 is 10.3 Å². The number of pyridine rings is 1. The van der Waals surface area contributed by atoms with Crippen LogP contribution in [-0.4, -0.2) is 19.3 Å². The van der Waals surface area contributed by atoms with Crippen molar-refractivity contribution in [2.24, 2.45) is 7.05 Å². The molecule has 0 radical (unpaired) electrons. The third kappa shape index (κ3) is 3.38. The summed E-state index contributed by atoms with van der Waals surface area (Å²) in [6.07, 6.45) is 1.75. The van der Waals surface area contributed by atoms with Crippen LogP contribution in [0.4, 0.5) is 0 Å². The summed E-state index contributed by atoms with van der Waals surface area (Å²) in [4.78, 5) is 17.2. The van der Waals surface area contributed by atoms with Gasteiger partial charge in [-0.15, -0.1) is 0 Å². The van der Waals surface area contributed by atoms with Gasteiger partial charge in [0, 0.05) is 29.1 Å². The third-order valence-corrected chi connectivity index (χ3v) is 6.77. The fourth-order valence-corrected chi connectivity index (χ4v) is 4.83. The highest BCUT2D eigenvalue weighted by Crippen LogP contribution is 2.35. The van der Waals surface area contributed by atoms with E-state index in [2.05, 4.69) is 22.2 Å². The summed E-state index contributed by atoms with van der Waals surface area (Å²) in [7, 11) is 1.80. The maximum Gasteiger partial charge on any atom is 0.251 e. The first-order valence-corrected chi connectivity index (χ1v) is 11.4. The van der Waals surface area contributed by atoms with E-state index in [1.807, 2.05) is 60.1 Å². The first-order valence-electron chi connectivity index (χ1n) is 11.0. The Kier molecular flexibility index (Phi) is 4.78. The van der Waals surface area contributed by atoms with Gasteiger partial charge < -0.3 is 9.30 Å². The largest absolute Gasteiger partial charge is 0.489 e. The van der Waals surface area contributed by atoms with Crippen LogP contribution in [0.3, 0.4) is 0 Å². The molecule has 7 heteroatoms. The number of halogens is 1. The summed E-state index contributed by atoms with van der Waals surface area (Å²) in [5, 5.41) is 6.26. The normalized spacial score (nSPS) is 14.9. The van der Waals surface area contributed by atoms with Gasteiger partial charge >= 0.3 is 0 Å². The molecular weight excluding hydrogens is 448 g/mol. The number of benzene rings is 3. The second-order valence-corrected chi connectivity index (χ2v) is 8.98. The topological polar surface area (TPSA) is 61.9 Å². The molecule has 0 N–H and O–H groups in total. The van der Waals surface area contributed by atoms with Gasteiger partial charge in [0.25, 0.3) is 5.56 Å². The van der Waals surface area contributed by atoms with E-state index in [-0.39, 0.29) is 11.6 Å². The molecule has 5 aromatic rings. The van der Waals surface area contributed by atoms with Crippen LogP contribution in [0.5, 0.6) is 5.75 Å². The molecule has 0 spiro atoms. The second kappa shape index (κ2) is 7.85. The van der Waals surface area contributed by atoms with Crippen LogP contribution in [0.1, 0.15) is 28.6 Å². The Bertz CT molecular complexity index is 1640. The predicted octanol–water partition coefficient (Wildman–Crippen LogP) is 5.29. The first-order chi connectivity index (χ1) is 16.5. The first kappa shape index (κ1) is 20.7. The monoisotopic (exact) mass is 468 g/mol. The Morgan fingerprint density at radius 2 is 1.85 bits per heavy atom. The van der Waals surface area contributed by atoms with E-state index in [0.29, 0.717) is 23.2 Å². The average Bonchev–Trinajstić information content (AvgIpc) is 3.27. The molecule has 6 nitrogen and oxygen atoms in total. The third-order valence-electron chi connectivity index (χ3n) is 6.40. The molecule has 168 valence electrons. The SMILES string of the molecule is Cc1ncn([C@H]2c3ccc(Cl)c(c3)COc3cccc(c3)-c3cc(=O)n(C)c4ccc2cc34)n1. The van der Waals surface area contributed by atoms with Crippen molar-refractivity contribution in [3.8, 4) is 16.9 Å². The lowest BCUT2D eigenvalue weighted by Crippen LogP contribution is -2.17. The van der Waals surface area contributed by atoms with Gasteiger partial charge in [0.15, 0.2) is 0 Å². The van der Waals surface area contributed by atoms with Crippen molar-refractivity contribution < 1.29 is 4.74 Å². The lowest BCUT2D eigenvalue weighted by molar-refractivity contribution is 0.306. The predicted molar refractivity (Wildman–Crippen MR) is 132 cm³/mol. The molecule has 0 amide bonds. The Labute approximate surface area is 201 Å². The minimum Gasteiger partial charge on any atom is -0.489 e. The number of hydrogen-bond acceptors (Lipinski definition) is 4. The zero-order valence-corrected chi connectivity index (χ0v) is 19.5. The minimum absolute atomic E-state index is 0.0622. The highest BCUT2D eigenvalue weighted by Gasteiger charge is 2.22. The Balaban J connectivity index is 1.71. The highest BCUT2D eigenvalue weighted by molar-refractivity contribution is 6.31. The number of nitrogens with zero attached hydrogens (tertiary/aromatic N) is 4. The number of aryl methyl sites for hydroxylation is 2. The van der Waals surface area contributed by atoms with Crippen LogP contribution in [0.25, 0.3) is 22.0 Å². The lowest BCUT2D eigenvalue weighted by atomic mass is 9.93. The highest BCUT2D eigenvalue weighted by atomic mass is 35.5. The number of fused-ring (bicyclic) bond motifs is 6. The lowest BCUT2D eigenvalue weighted by Gasteiger charge is -2.21. The molecule has 0 unspecified atom stereocenters. The number of ether oxygens (including phenoxy) is 1. The van der Waals surface area contributed by atoms with Crippen molar-refractivity contribution in [2.45, 2.75) is 19.6 Å². The Morgan fingerprint density at radius 1 is 1.03 bits per heavy atom. The van der Waals surface area contributed by atoms with Crippen LogP contribution >= 0.6 is 11.6 Å². The molecule has 6 bridgehead atoms. The van der Waals surface area contributed by atoms with Crippen LogP contribution in [0.15, 0.2) is 77.9 Å². The van der Waals surface area contributed by atoms with E-state index in [9.17, 15) is 4.79 Å². The van der Waals surface area contributed by atoms with Gasteiger partial charge in [-0.2, -0.15) is 5.10 Å². The van der Waals surface area contributed by atoms with Crippen molar-refractivity contribution in [1.82, 2.24) is 19.3 Å². The standard InChI is InChI=1S/C27H21ClN4O2/c1-16-29-15-32(30-16)27-18-6-8-24(28)20(10-18)14-34-21-5-3-4-17(11-21)22-13-26(33)31(2)25-9-7-19(27)12-23(22)25/h3-13,15,27H,14H2,1-2H3/t27-/m0/s1. The summed E-state index contributed by atoms with van der Waals surface area (Å²) in [5.74, 6) is 1.41. The molecule has 1 atom stereocenters. The van der Waals surface area contributed by atoms with Crippen LogP contribution in [0.2, 0.25) is 5.02 Å². The molecule has 0 aliphatic carbocycles. The van der Waals surface area contributed by atoms with Crippen molar-refractivity contribution in [3.05, 3.63) is 111 Å². The van der Waals surface area contributed by atoms with E-state index < -0.39 is 0 Å². The molecule has 3 aromatic carbocycles. The minimum atomic E-state index is -0.226. The molecule has 0 saturated carbocycles. The number of rotatable bonds is 1. The van der Waals surface area contributed by atoms with Crippen molar-refractivity contribution >= 4 is 22.5 Å². The average molecular weight is 469 g/mol. The maximum absolute atomic E-state index is 12.8. The van der Waals surface area contributed by atoms with Gasteiger partial charge in [-0.3, -0.25) is 4.79 Å².